The van der Waals surface area contributed by atoms with E-state index in [1.165, 1.54) is 4.31 Å². The second-order valence-electron chi connectivity index (χ2n) is 7.45. The smallest absolute Gasteiger partial charge is 0.243 e. The maximum Gasteiger partial charge on any atom is 0.243 e. The van der Waals surface area contributed by atoms with Gasteiger partial charge in [-0.1, -0.05) is 48.5 Å². The molecule has 0 bridgehead atoms. The fourth-order valence-corrected chi connectivity index (χ4v) is 4.39. The first kappa shape index (κ1) is 22.5. The zero-order valence-corrected chi connectivity index (χ0v) is 18.7. The van der Waals surface area contributed by atoms with Crippen molar-refractivity contribution in [1.82, 2.24) is 4.31 Å². The van der Waals surface area contributed by atoms with Gasteiger partial charge in [0.25, 0.3) is 0 Å². The number of carbonyl (C=O) groups is 1. The van der Waals surface area contributed by atoms with Crippen LogP contribution in [0, 0.1) is 0 Å². The predicted molar refractivity (Wildman–Crippen MR) is 126 cm³/mol. The zero-order chi connectivity index (χ0) is 22.4. The molecule has 0 aliphatic carbocycles. The Hall–Kier alpha value is -3.16. The molecule has 2 N–H and O–H groups in total. The summed E-state index contributed by atoms with van der Waals surface area (Å²) in [5.41, 5.74) is 3.37. The van der Waals surface area contributed by atoms with E-state index in [9.17, 15) is 13.2 Å². The van der Waals surface area contributed by atoms with Gasteiger partial charge < -0.3 is 10.6 Å². The summed E-state index contributed by atoms with van der Waals surface area (Å²) in [6.07, 6.45) is 0. The van der Waals surface area contributed by atoms with Crippen LogP contribution in [0.15, 0.2) is 83.8 Å². The van der Waals surface area contributed by atoms with Gasteiger partial charge in [-0.15, -0.1) is 0 Å². The van der Waals surface area contributed by atoms with E-state index in [-0.39, 0.29) is 23.4 Å². The largest absolute Gasteiger partial charge is 0.376 e. The van der Waals surface area contributed by atoms with E-state index in [0.29, 0.717) is 5.69 Å². The maximum atomic E-state index is 12.5. The second-order valence-corrected chi connectivity index (χ2v) is 9.45. The molecular weight excluding hydrogens is 410 g/mol. The Morgan fingerprint density at radius 1 is 0.903 bits per heavy atom. The number of anilines is 2. The third kappa shape index (κ3) is 5.51. The van der Waals surface area contributed by atoms with Gasteiger partial charge in [0.05, 0.1) is 11.4 Å². The van der Waals surface area contributed by atoms with Crippen LogP contribution >= 0.6 is 0 Å². The van der Waals surface area contributed by atoms with Crippen LogP contribution in [0.1, 0.15) is 13.8 Å². The third-order valence-corrected chi connectivity index (χ3v) is 7.05. The average molecular weight is 438 g/mol. The summed E-state index contributed by atoms with van der Waals surface area (Å²) in [6.45, 7) is 3.70. The van der Waals surface area contributed by atoms with Gasteiger partial charge >= 0.3 is 0 Å². The summed E-state index contributed by atoms with van der Waals surface area (Å²) in [6, 6.07) is 23.8. The molecule has 0 saturated heterocycles. The van der Waals surface area contributed by atoms with E-state index >= 15 is 0 Å². The summed E-state index contributed by atoms with van der Waals surface area (Å²) in [5, 5.41) is 5.97. The van der Waals surface area contributed by atoms with E-state index in [2.05, 4.69) is 10.6 Å². The van der Waals surface area contributed by atoms with Crippen LogP contribution in [0.5, 0.6) is 0 Å². The SMILES string of the molecule is CC(C)N(C)S(=O)(=O)c1ccc(NCC(=O)Nc2ccccc2-c2ccccc2)cc1. The first-order valence-electron chi connectivity index (χ1n) is 10.1. The van der Waals surface area contributed by atoms with Gasteiger partial charge in [0.1, 0.15) is 0 Å². The number of hydrogen-bond acceptors (Lipinski definition) is 4. The van der Waals surface area contributed by atoms with Crippen molar-refractivity contribution < 1.29 is 13.2 Å². The number of nitrogens with zero attached hydrogens (tertiary/aromatic N) is 1. The number of amides is 1. The van der Waals surface area contributed by atoms with E-state index < -0.39 is 10.0 Å². The van der Waals surface area contributed by atoms with Crippen LogP contribution in [0.2, 0.25) is 0 Å². The number of sulfonamides is 1. The summed E-state index contributed by atoms with van der Waals surface area (Å²) in [5.74, 6) is -0.195. The molecule has 0 fully saturated rings. The van der Waals surface area contributed by atoms with Crippen molar-refractivity contribution in [1.29, 1.82) is 0 Å². The van der Waals surface area contributed by atoms with Crippen molar-refractivity contribution in [3.05, 3.63) is 78.9 Å². The summed E-state index contributed by atoms with van der Waals surface area (Å²) < 4.78 is 26.4. The first-order valence-corrected chi connectivity index (χ1v) is 11.5. The van der Waals surface area contributed by atoms with Crippen LogP contribution in [0.3, 0.4) is 0 Å². The van der Waals surface area contributed by atoms with Crippen molar-refractivity contribution in [3.63, 3.8) is 0 Å². The molecule has 1 amide bonds. The molecular formula is C24H27N3O3S. The Morgan fingerprint density at radius 3 is 2.16 bits per heavy atom. The molecule has 31 heavy (non-hydrogen) atoms. The number of carbonyl (C=O) groups excluding carboxylic acids is 1. The Balaban J connectivity index is 1.64. The molecule has 162 valence electrons. The van der Waals surface area contributed by atoms with Gasteiger partial charge in [0.2, 0.25) is 15.9 Å². The lowest BCUT2D eigenvalue weighted by atomic mass is 10.0. The lowest BCUT2D eigenvalue weighted by Gasteiger charge is -2.21. The molecule has 3 rings (SSSR count). The predicted octanol–water partition coefficient (Wildman–Crippen LogP) is 4.43. The van der Waals surface area contributed by atoms with E-state index in [0.717, 1.165) is 16.8 Å². The van der Waals surface area contributed by atoms with Crippen LogP contribution in [0.4, 0.5) is 11.4 Å². The fourth-order valence-electron chi connectivity index (χ4n) is 3.03. The van der Waals surface area contributed by atoms with Crippen molar-refractivity contribution in [2.75, 3.05) is 24.2 Å². The monoisotopic (exact) mass is 437 g/mol. The number of hydrogen-bond donors (Lipinski definition) is 2. The first-order chi connectivity index (χ1) is 14.8. The van der Waals surface area contributed by atoms with Crippen molar-refractivity contribution >= 4 is 27.3 Å². The highest BCUT2D eigenvalue weighted by Crippen LogP contribution is 2.27. The van der Waals surface area contributed by atoms with Crippen LogP contribution in [-0.4, -0.2) is 38.3 Å². The molecule has 0 aliphatic heterocycles. The molecule has 7 heteroatoms. The molecule has 0 unspecified atom stereocenters. The number of benzene rings is 3. The summed E-state index contributed by atoms with van der Waals surface area (Å²) >= 11 is 0. The van der Waals surface area contributed by atoms with Crippen molar-refractivity contribution in [2.45, 2.75) is 24.8 Å². The molecule has 0 aromatic heterocycles. The maximum absolute atomic E-state index is 12.5. The minimum Gasteiger partial charge on any atom is -0.376 e. The Labute approximate surface area is 184 Å². The molecule has 0 saturated carbocycles. The lowest BCUT2D eigenvalue weighted by molar-refractivity contribution is -0.114. The van der Waals surface area contributed by atoms with E-state index in [1.807, 2.05) is 68.4 Å². The van der Waals surface area contributed by atoms with Crippen LogP contribution in [0.25, 0.3) is 11.1 Å². The van der Waals surface area contributed by atoms with E-state index in [1.54, 1.807) is 31.3 Å². The lowest BCUT2D eigenvalue weighted by Crippen LogP contribution is -2.33. The van der Waals surface area contributed by atoms with E-state index in [4.69, 9.17) is 0 Å². The van der Waals surface area contributed by atoms with Gasteiger partial charge in [-0.25, -0.2) is 8.42 Å². The third-order valence-electron chi connectivity index (χ3n) is 5.00. The molecule has 0 atom stereocenters. The molecule has 6 nitrogen and oxygen atoms in total. The number of para-hydroxylation sites is 1. The van der Waals surface area contributed by atoms with Crippen LogP contribution in [-0.2, 0) is 14.8 Å². The normalized spacial score (nSPS) is 11.5. The minimum absolute atomic E-state index is 0.0567. The second kappa shape index (κ2) is 9.76. The number of nitrogens with one attached hydrogen (secondary N) is 2. The van der Waals surface area contributed by atoms with Gasteiger partial charge in [-0.3, -0.25) is 4.79 Å². The van der Waals surface area contributed by atoms with Crippen molar-refractivity contribution in [2.24, 2.45) is 0 Å². The average Bonchev–Trinajstić information content (AvgIpc) is 2.78. The topological polar surface area (TPSA) is 78.5 Å². The Morgan fingerprint density at radius 2 is 1.52 bits per heavy atom. The minimum atomic E-state index is -3.53. The Kier molecular flexibility index (Phi) is 7.09. The van der Waals surface area contributed by atoms with Gasteiger partial charge in [-0.05, 0) is 49.7 Å². The quantitative estimate of drug-likeness (QED) is 0.546. The molecule has 3 aromatic carbocycles. The molecule has 0 spiro atoms. The van der Waals surface area contributed by atoms with Gasteiger partial charge in [0, 0.05) is 30.0 Å². The highest BCUT2D eigenvalue weighted by molar-refractivity contribution is 7.89. The van der Waals surface area contributed by atoms with Gasteiger partial charge in [-0.2, -0.15) is 4.31 Å². The Bertz CT molecular complexity index is 1130. The van der Waals surface area contributed by atoms with Crippen LogP contribution < -0.4 is 10.6 Å². The standard InChI is InChI=1S/C24H27N3O3S/c1-18(2)27(3)31(29,30)21-15-13-20(14-16-21)25-17-24(28)26-23-12-8-7-11-22(23)19-9-5-4-6-10-19/h4-16,18,25H,17H2,1-3H3,(H,26,28). The fraction of sp³-hybridized carbons (Fsp3) is 0.208. The highest BCUT2D eigenvalue weighted by Gasteiger charge is 2.22. The molecule has 0 aliphatic rings. The highest BCUT2D eigenvalue weighted by atomic mass is 32.2. The zero-order valence-electron chi connectivity index (χ0n) is 17.9. The molecule has 0 radical (unpaired) electrons. The number of rotatable bonds is 8. The molecule has 0 heterocycles. The molecule has 3 aromatic rings. The van der Waals surface area contributed by atoms with Gasteiger partial charge in [0.15, 0.2) is 0 Å². The summed E-state index contributed by atoms with van der Waals surface area (Å²) in [4.78, 5) is 12.7. The summed E-state index contributed by atoms with van der Waals surface area (Å²) in [7, 11) is -1.97. The van der Waals surface area contributed by atoms with Crippen molar-refractivity contribution in [3.8, 4) is 11.1 Å².